The van der Waals surface area contributed by atoms with E-state index < -0.39 is 6.04 Å². The van der Waals surface area contributed by atoms with Crippen molar-refractivity contribution in [3.63, 3.8) is 0 Å². The first-order chi connectivity index (χ1) is 11.0. The van der Waals surface area contributed by atoms with Crippen LogP contribution in [0.4, 0.5) is 5.69 Å². The van der Waals surface area contributed by atoms with Crippen LogP contribution in [0, 0.1) is 13.8 Å². The Bertz CT molecular complexity index is 696. The number of nitrogens with one attached hydrogen (secondary N) is 2. The summed E-state index contributed by atoms with van der Waals surface area (Å²) in [5.41, 5.74) is 4.02. The van der Waals surface area contributed by atoms with Gasteiger partial charge in [0.25, 0.3) is 0 Å². The topological polar surface area (TPSA) is 58.2 Å². The van der Waals surface area contributed by atoms with Gasteiger partial charge in [-0.1, -0.05) is 36.4 Å². The number of carbonyl (C=O) groups is 2. The van der Waals surface area contributed by atoms with Crippen LogP contribution in [0.3, 0.4) is 0 Å². The number of anilines is 1. The summed E-state index contributed by atoms with van der Waals surface area (Å²) in [6.07, 6.45) is 0.455. The number of hydrogen-bond donors (Lipinski definition) is 2. The minimum absolute atomic E-state index is 0.215. The summed E-state index contributed by atoms with van der Waals surface area (Å²) < 4.78 is 0. The van der Waals surface area contributed by atoms with Gasteiger partial charge in [0.1, 0.15) is 6.04 Å². The van der Waals surface area contributed by atoms with Crippen LogP contribution in [0.25, 0.3) is 0 Å². The lowest BCUT2D eigenvalue weighted by Crippen LogP contribution is -2.44. The quantitative estimate of drug-likeness (QED) is 0.892. The molecule has 2 rings (SSSR count). The molecular weight excluding hydrogens is 288 g/mol. The molecule has 0 aliphatic heterocycles. The Hall–Kier alpha value is -2.62. The maximum absolute atomic E-state index is 12.5. The molecule has 4 heteroatoms. The van der Waals surface area contributed by atoms with Crippen LogP contribution in [0.15, 0.2) is 48.5 Å². The van der Waals surface area contributed by atoms with Crippen molar-refractivity contribution in [1.29, 1.82) is 0 Å². The summed E-state index contributed by atoms with van der Waals surface area (Å²) in [7, 11) is 0. The monoisotopic (exact) mass is 310 g/mol. The van der Waals surface area contributed by atoms with Crippen LogP contribution >= 0.6 is 0 Å². The Kier molecular flexibility index (Phi) is 5.52. The Morgan fingerprint density at radius 2 is 1.70 bits per heavy atom. The molecule has 0 saturated carbocycles. The van der Waals surface area contributed by atoms with Gasteiger partial charge in [-0.3, -0.25) is 9.59 Å². The number of amides is 2. The summed E-state index contributed by atoms with van der Waals surface area (Å²) in [5.74, 6) is -0.437. The predicted molar refractivity (Wildman–Crippen MR) is 92.3 cm³/mol. The van der Waals surface area contributed by atoms with E-state index in [1.165, 1.54) is 12.5 Å². The number of aryl methyl sites for hydroxylation is 2. The maximum Gasteiger partial charge on any atom is 0.247 e. The molecule has 0 bridgehead atoms. The van der Waals surface area contributed by atoms with Gasteiger partial charge in [0, 0.05) is 19.0 Å². The fraction of sp³-hybridized carbons (Fsp3) is 0.263. The zero-order valence-corrected chi connectivity index (χ0v) is 13.7. The van der Waals surface area contributed by atoms with Crippen molar-refractivity contribution in [1.82, 2.24) is 5.32 Å². The second-order valence-electron chi connectivity index (χ2n) is 5.73. The molecule has 1 atom stereocenters. The van der Waals surface area contributed by atoms with Gasteiger partial charge >= 0.3 is 0 Å². The summed E-state index contributed by atoms with van der Waals surface area (Å²) in [4.78, 5) is 23.9. The van der Waals surface area contributed by atoms with E-state index in [1.54, 1.807) is 0 Å². The van der Waals surface area contributed by atoms with Gasteiger partial charge < -0.3 is 10.6 Å². The molecule has 4 nitrogen and oxygen atoms in total. The molecule has 0 saturated heterocycles. The summed E-state index contributed by atoms with van der Waals surface area (Å²) >= 11 is 0. The third-order valence-electron chi connectivity index (χ3n) is 3.75. The van der Waals surface area contributed by atoms with Gasteiger partial charge in [-0.2, -0.15) is 0 Å². The van der Waals surface area contributed by atoms with Crippen LogP contribution in [0.1, 0.15) is 23.6 Å². The van der Waals surface area contributed by atoms with E-state index in [2.05, 4.69) is 10.6 Å². The lowest BCUT2D eigenvalue weighted by Gasteiger charge is -2.18. The van der Waals surface area contributed by atoms with E-state index in [0.717, 1.165) is 16.8 Å². The summed E-state index contributed by atoms with van der Waals surface area (Å²) in [6, 6.07) is 14.8. The van der Waals surface area contributed by atoms with E-state index in [9.17, 15) is 9.59 Å². The number of hydrogen-bond acceptors (Lipinski definition) is 2. The highest BCUT2D eigenvalue weighted by molar-refractivity contribution is 5.97. The molecule has 120 valence electrons. The smallest absolute Gasteiger partial charge is 0.247 e. The van der Waals surface area contributed by atoms with Crippen molar-refractivity contribution in [3.05, 3.63) is 65.2 Å². The lowest BCUT2D eigenvalue weighted by atomic mass is 10.0. The van der Waals surface area contributed by atoms with E-state index in [1.807, 2.05) is 62.4 Å². The number of rotatable bonds is 5. The molecule has 0 aromatic heterocycles. The molecule has 2 aromatic carbocycles. The van der Waals surface area contributed by atoms with Gasteiger partial charge in [-0.05, 0) is 42.7 Å². The third-order valence-corrected chi connectivity index (χ3v) is 3.75. The van der Waals surface area contributed by atoms with Crippen molar-refractivity contribution in [2.75, 3.05) is 5.32 Å². The molecule has 0 radical (unpaired) electrons. The highest BCUT2D eigenvalue weighted by Crippen LogP contribution is 2.15. The average Bonchev–Trinajstić information content (AvgIpc) is 2.51. The molecule has 2 N–H and O–H groups in total. The Morgan fingerprint density at radius 3 is 2.30 bits per heavy atom. The first-order valence-electron chi connectivity index (χ1n) is 7.65. The Morgan fingerprint density at radius 1 is 1.00 bits per heavy atom. The largest absolute Gasteiger partial charge is 0.344 e. The van der Waals surface area contributed by atoms with E-state index in [0.29, 0.717) is 6.42 Å². The molecule has 0 spiro atoms. The predicted octanol–water partition coefficient (Wildman–Crippen LogP) is 2.99. The Balaban J connectivity index is 2.12. The second-order valence-corrected chi connectivity index (χ2v) is 5.73. The molecule has 0 aliphatic carbocycles. The van der Waals surface area contributed by atoms with Crippen molar-refractivity contribution < 1.29 is 9.59 Å². The molecule has 0 aliphatic rings. The fourth-order valence-corrected chi connectivity index (χ4v) is 2.35. The minimum atomic E-state index is -0.600. The van der Waals surface area contributed by atoms with Crippen LogP contribution in [0.2, 0.25) is 0 Å². The molecule has 2 amide bonds. The van der Waals surface area contributed by atoms with Crippen molar-refractivity contribution >= 4 is 17.5 Å². The molecule has 0 fully saturated rings. The summed E-state index contributed by atoms with van der Waals surface area (Å²) in [6.45, 7) is 5.44. The van der Waals surface area contributed by atoms with E-state index in [4.69, 9.17) is 0 Å². The standard InChI is InChI=1S/C19H22N2O2/c1-13-9-10-17(11-14(13)2)21-19(23)18(20-15(3)22)12-16-7-5-4-6-8-16/h4-11,18H,12H2,1-3H3,(H,20,22)(H,21,23)/t18-/m0/s1. The summed E-state index contributed by atoms with van der Waals surface area (Å²) in [5, 5.41) is 5.61. The fourth-order valence-electron chi connectivity index (χ4n) is 2.35. The zero-order chi connectivity index (χ0) is 16.8. The van der Waals surface area contributed by atoms with Crippen LogP contribution in [-0.4, -0.2) is 17.9 Å². The zero-order valence-electron chi connectivity index (χ0n) is 13.7. The first-order valence-corrected chi connectivity index (χ1v) is 7.65. The first kappa shape index (κ1) is 16.7. The maximum atomic E-state index is 12.5. The second kappa shape index (κ2) is 7.58. The Labute approximate surface area is 136 Å². The molecule has 0 unspecified atom stereocenters. The lowest BCUT2D eigenvalue weighted by molar-refractivity contribution is -0.125. The van der Waals surface area contributed by atoms with Gasteiger partial charge in [0.15, 0.2) is 0 Å². The highest BCUT2D eigenvalue weighted by Gasteiger charge is 2.20. The minimum Gasteiger partial charge on any atom is -0.344 e. The number of carbonyl (C=O) groups excluding carboxylic acids is 2. The highest BCUT2D eigenvalue weighted by atomic mass is 16.2. The van der Waals surface area contributed by atoms with Crippen molar-refractivity contribution in [2.45, 2.75) is 33.2 Å². The van der Waals surface area contributed by atoms with Gasteiger partial charge in [-0.15, -0.1) is 0 Å². The number of benzene rings is 2. The van der Waals surface area contributed by atoms with Crippen LogP contribution in [-0.2, 0) is 16.0 Å². The molecular formula is C19H22N2O2. The van der Waals surface area contributed by atoms with Crippen LogP contribution < -0.4 is 10.6 Å². The molecule has 23 heavy (non-hydrogen) atoms. The van der Waals surface area contributed by atoms with Gasteiger partial charge in [-0.25, -0.2) is 0 Å². The van der Waals surface area contributed by atoms with Crippen LogP contribution in [0.5, 0.6) is 0 Å². The molecule has 0 heterocycles. The van der Waals surface area contributed by atoms with Crippen molar-refractivity contribution in [3.8, 4) is 0 Å². The van der Waals surface area contributed by atoms with E-state index >= 15 is 0 Å². The average molecular weight is 310 g/mol. The van der Waals surface area contributed by atoms with Gasteiger partial charge in [0.2, 0.25) is 11.8 Å². The molecule has 2 aromatic rings. The normalized spacial score (nSPS) is 11.6. The van der Waals surface area contributed by atoms with E-state index in [-0.39, 0.29) is 11.8 Å². The SMILES string of the molecule is CC(=O)N[C@@H](Cc1ccccc1)C(=O)Nc1ccc(C)c(C)c1. The third kappa shape index (κ3) is 4.95. The van der Waals surface area contributed by atoms with Crippen molar-refractivity contribution in [2.24, 2.45) is 0 Å². The van der Waals surface area contributed by atoms with Gasteiger partial charge in [0.05, 0.1) is 0 Å².